The molecule has 6 heteroatoms. The number of nitrogens with one attached hydrogen (secondary N) is 1. The van der Waals surface area contributed by atoms with Crippen LogP contribution in [-0.2, 0) is 20.7 Å². The lowest BCUT2D eigenvalue weighted by molar-refractivity contribution is -0.153. The molecule has 1 aromatic carbocycles. The summed E-state index contributed by atoms with van der Waals surface area (Å²) in [5.41, 5.74) is 0.876. The second-order valence-electron chi connectivity index (χ2n) is 4.24. The Morgan fingerprint density at radius 3 is 3.05 bits per heavy atom. The van der Waals surface area contributed by atoms with Crippen molar-refractivity contribution in [3.63, 3.8) is 0 Å². The number of carbonyl (C=O) groups is 2. The highest BCUT2D eigenvalue weighted by Gasteiger charge is 2.27. The van der Waals surface area contributed by atoms with E-state index in [1.54, 1.807) is 18.2 Å². The molecular formula is C13H14ClNO4. The molecule has 1 amide bonds. The molecule has 2 rings (SSSR count). The lowest BCUT2D eigenvalue weighted by Gasteiger charge is -2.24. The fourth-order valence-corrected chi connectivity index (χ4v) is 2.04. The van der Waals surface area contributed by atoms with E-state index in [9.17, 15) is 9.59 Å². The topological polar surface area (TPSA) is 64.6 Å². The predicted octanol–water partition coefficient (Wildman–Crippen LogP) is 1.18. The highest BCUT2D eigenvalue weighted by atomic mass is 35.5. The van der Waals surface area contributed by atoms with Gasteiger partial charge in [-0.25, -0.2) is 0 Å². The zero-order chi connectivity index (χ0) is 13.8. The minimum absolute atomic E-state index is 0.251. The highest BCUT2D eigenvalue weighted by molar-refractivity contribution is 6.30. The molecule has 1 aromatic rings. The van der Waals surface area contributed by atoms with Crippen LogP contribution >= 0.6 is 11.6 Å². The van der Waals surface area contributed by atoms with Gasteiger partial charge in [0.1, 0.15) is 12.4 Å². The van der Waals surface area contributed by atoms with Crippen molar-refractivity contribution in [1.82, 2.24) is 5.32 Å². The van der Waals surface area contributed by atoms with Crippen LogP contribution in [0.1, 0.15) is 5.56 Å². The van der Waals surface area contributed by atoms with Crippen LogP contribution < -0.4 is 10.1 Å². The van der Waals surface area contributed by atoms with E-state index in [1.165, 1.54) is 7.05 Å². The molecule has 0 radical (unpaired) electrons. The monoisotopic (exact) mass is 283 g/mol. The Bertz CT molecular complexity index is 503. The third kappa shape index (κ3) is 3.38. The van der Waals surface area contributed by atoms with Gasteiger partial charge in [0.05, 0.1) is 5.92 Å². The van der Waals surface area contributed by atoms with Gasteiger partial charge in [-0.1, -0.05) is 11.6 Å². The van der Waals surface area contributed by atoms with Gasteiger partial charge in [0.2, 0.25) is 0 Å². The van der Waals surface area contributed by atoms with E-state index >= 15 is 0 Å². The molecule has 19 heavy (non-hydrogen) atoms. The number of hydrogen-bond acceptors (Lipinski definition) is 4. The summed E-state index contributed by atoms with van der Waals surface area (Å²) in [6.45, 7) is -0.0184. The smallest absolute Gasteiger partial charge is 0.313 e. The van der Waals surface area contributed by atoms with Crippen molar-refractivity contribution in [2.45, 2.75) is 6.42 Å². The Labute approximate surface area is 115 Å². The number of esters is 1. The van der Waals surface area contributed by atoms with Crippen molar-refractivity contribution in [3.8, 4) is 5.75 Å². The molecule has 0 bridgehead atoms. The maximum Gasteiger partial charge on any atom is 0.313 e. The summed E-state index contributed by atoms with van der Waals surface area (Å²) in [6, 6.07) is 5.30. The Balaban J connectivity index is 1.97. The van der Waals surface area contributed by atoms with Crippen LogP contribution in [0.5, 0.6) is 5.75 Å². The van der Waals surface area contributed by atoms with Gasteiger partial charge in [-0.15, -0.1) is 0 Å². The van der Waals surface area contributed by atoms with E-state index in [0.29, 0.717) is 11.4 Å². The summed E-state index contributed by atoms with van der Waals surface area (Å²) in [7, 11) is 1.48. The van der Waals surface area contributed by atoms with Crippen molar-refractivity contribution in [2.24, 2.45) is 5.92 Å². The fraction of sp³-hybridized carbons (Fsp3) is 0.385. The van der Waals surface area contributed by atoms with Crippen LogP contribution in [0.3, 0.4) is 0 Å². The number of likely N-dealkylation sites (N-methyl/N-ethyl adjacent to an activating group) is 1. The molecule has 0 saturated heterocycles. The minimum Gasteiger partial charge on any atom is -0.492 e. The van der Waals surface area contributed by atoms with Crippen molar-refractivity contribution < 1.29 is 19.1 Å². The van der Waals surface area contributed by atoms with Crippen LogP contribution in [0.2, 0.25) is 5.02 Å². The third-order valence-corrected chi connectivity index (χ3v) is 3.12. The number of ether oxygens (including phenoxy) is 2. The summed E-state index contributed by atoms with van der Waals surface area (Å²) in [4.78, 5) is 22.8. The summed E-state index contributed by atoms with van der Waals surface area (Å²) in [5.74, 6) is -0.446. The van der Waals surface area contributed by atoms with E-state index in [-0.39, 0.29) is 19.1 Å². The number of rotatable bonds is 3. The Morgan fingerprint density at radius 1 is 1.53 bits per heavy atom. The summed E-state index contributed by atoms with van der Waals surface area (Å²) < 4.78 is 10.4. The van der Waals surface area contributed by atoms with Crippen LogP contribution in [-0.4, -0.2) is 32.1 Å². The Hall–Kier alpha value is -1.75. The second-order valence-corrected chi connectivity index (χ2v) is 4.68. The first-order chi connectivity index (χ1) is 9.10. The third-order valence-electron chi connectivity index (χ3n) is 2.89. The predicted molar refractivity (Wildman–Crippen MR) is 69.2 cm³/mol. The van der Waals surface area contributed by atoms with Gasteiger partial charge in [0.15, 0.2) is 6.61 Å². The molecule has 102 valence electrons. The molecular weight excluding hydrogens is 270 g/mol. The maximum atomic E-state index is 11.8. The van der Waals surface area contributed by atoms with E-state index < -0.39 is 11.9 Å². The molecule has 1 heterocycles. The maximum absolute atomic E-state index is 11.8. The highest BCUT2D eigenvalue weighted by Crippen LogP contribution is 2.30. The number of benzene rings is 1. The average Bonchev–Trinajstić information content (AvgIpc) is 2.43. The van der Waals surface area contributed by atoms with Crippen molar-refractivity contribution >= 4 is 23.5 Å². The molecule has 0 spiro atoms. The molecule has 1 unspecified atom stereocenters. The summed E-state index contributed by atoms with van der Waals surface area (Å²) in [5, 5.41) is 2.98. The first-order valence-electron chi connectivity index (χ1n) is 5.88. The summed E-state index contributed by atoms with van der Waals surface area (Å²) in [6.07, 6.45) is 0.502. The van der Waals surface area contributed by atoms with Crippen molar-refractivity contribution in [3.05, 3.63) is 28.8 Å². The lowest BCUT2D eigenvalue weighted by atomic mass is 9.97. The van der Waals surface area contributed by atoms with E-state index in [2.05, 4.69) is 5.32 Å². The SMILES string of the molecule is CNC(=O)COC(=O)C1COc2ccc(Cl)cc2C1. The number of hydrogen-bond donors (Lipinski definition) is 1. The fourth-order valence-electron chi connectivity index (χ4n) is 1.84. The zero-order valence-electron chi connectivity index (χ0n) is 10.4. The number of fused-ring (bicyclic) bond motifs is 1. The second kappa shape index (κ2) is 5.93. The molecule has 1 aliphatic rings. The standard InChI is InChI=1S/C13H14ClNO4/c1-15-12(16)7-19-13(17)9-4-8-5-10(14)2-3-11(8)18-6-9/h2-3,5,9H,4,6-7H2,1H3,(H,15,16). The normalized spacial score (nSPS) is 17.1. The van der Waals surface area contributed by atoms with Gasteiger partial charge >= 0.3 is 5.97 Å². The van der Waals surface area contributed by atoms with Crippen LogP contribution in [0.15, 0.2) is 18.2 Å². The van der Waals surface area contributed by atoms with Crippen molar-refractivity contribution in [1.29, 1.82) is 0 Å². The Morgan fingerprint density at radius 2 is 2.32 bits per heavy atom. The van der Waals surface area contributed by atoms with Crippen LogP contribution in [0.25, 0.3) is 0 Å². The Kier molecular flexibility index (Phi) is 4.27. The van der Waals surface area contributed by atoms with Gasteiger partial charge < -0.3 is 14.8 Å². The molecule has 1 N–H and O–H groups in total. The molecule has 0 aromatic heterocycles. The molecule has 0 saturated carbocycles. The lowest BCUT2D eigenvalue weighted by Crippen LogP contribution is -2.32. The molecule has 5 nitrogen and oxygen atoms in total. The van der Waals surface area contributed by atoms with Crippen LogP contribution in [0.4, 0.5) is 0 Å². The van der Waals surface area contributed by atoms with Gasteiger partial charge in [0, 0.05) is 12.1 Å². The zero-order valence-corrected chi connectivity index (χ0v) is 11.2. The van der Waals surface area contributed by atoms with Gasteiger partial charge in [-0.2, -0.15) is 0 Å². The average molecular weight is 284 g/mol. The molecule has 1 atom stereocenters. The number of amides is 1. The minimum atomic E-state index is -0.436. The molecule has 0 aliphatic carbocycles. The summed E-state index contributed by atoms with van der Waals surface area (Å²) >= 11 is 5.90. The quantitative estimate of drug-likeness (QED) is 0.846. The van der Waals surface area contributed by atoms with E-state index in [1.807, 2.05) is 0 Å². The van der Waals surface area contributed by atoms with Gasteiger partial charge in [-0.05, 0) is 30.2 Å². The molecule has 0 fully saturated rings. The number of halogens is 1. The van der Waals surface area contributed by atoms with E-state index in [4.69, 9.17) is 21.1 Å². The largest absolute Gasteiger partial charge is 0.492 e. The first-order valence-corrected chi connectivity index (χ1v) is 6.26. The van der Waals surface area contributed by atoms with E-state index in [0.717, 1.165) is 11.3 Å². The van der Waals surface area contributed by atoms with Crippen LogP contribution in [0, 0.1) is 5.92 Å². The van der Waals surface area contributed by atoms with Gasteiger partial charge in [0.25, 0.3) is 5.91 Å². The number of carbonyl (C=O) groups excluding carboxylic acids is 2. The van der Waals surface area contributed by atoms with Crippen molar-refractivity contribution in [2.75, 3.05) is 20.3 Å². The molecule has 1 aliphatic heterocycles. The first kappa shape index (κ1) is 13.7. The van der Waals surface area contributed by atoms with Gasteiger partial charge in [-0.3, -0.25) is 9.59 Å².